The Labute approximate surface area is 193 Å². The van der Waals surface area contributed by atoms with Gasteiger partial charge in [-0.3, -0.25) is 0 Å². The van der Waals surface area contributed by atoms with Gasteiger partial charge >= 0.3 is 34.8 Å². The molecule has 35 heavy (non-hydrogen) atoms. The lowest BCUT2D eigenvalue weighted by Gasteiger charge is -2.34. The van der Waals surface area contributed by atoms with Gasteiger partial charge in [-0.2, -0.15) is 44.9 Å². The number of hydrogen-bond donors (Lipinski definition) is 2. The number of fused-ring (bicyclic) bond motifs is 4. The van der Waals surface area contributed by atoms with Gasteiger partial charge in [-0.05, 0) is 25.7 Å². The molecular formula is C16H20F6N4O8S. The highest BCUT2D eigenvalue weighted by atomic mass is 32.3. The van der Waals surface area contributed by atoms with E-state index in [1.54, 1.807) is 0 Å². The number of hydroxylamine groups is 4. The Morgan fingerprint density at radius 1 is 0.743 bits per heavy atom. The van der Waals surface area contributed by atoms with E-state index in [9.17, 15) is 54.6 Å². The summed E-state index contributed by atoms with van der Waals surface area (Å²) in [6.45, 7) is -0.746. The monoisotopic (exact) mass is 542 g/mol. The van der Waals surface area contributed by atoms with Gasteiger partial charge in [0, 0.05) is 13.1 Å². The van der Waals surface area contributed by atoms with E-state index in [0.717, 1.165) is 0 Å². The second-order valence-electron chi connectivity index (χ2n) is 8.65. The molecule has 6 unspecified atom stereocenters. The van der Waals surface area contributed by atoms with Gasteiger partial charge in [0.25, 0.3) is 0 Å². The van der Waals surface area contributed by atoms with Crippen molar-refractivity contribution < 1.29 is 63.1 Å². The molecule has 0 radical (unpaired) electrons. The van der Waals surface area contributed by atoms with Crippen LogP contribution in [0.3, 0.4) is 0 Å². The predicted octanol–water partition coefficient (Wildman–Crippen LogP) is 0.478. The highest BCUT2D eigenvalue weighted by molar-refractivity contribution is 7.81. The van der Waals surface area contributed by atoms with Crippen LogP contribution < -0.4 is 0 Å². The second-order valence-corrected chi connectivity index (χ2v) is 9.76. The van der Waals surface area contributed by atoms with E-state index in [2.05, 4.69) is 8.57 Å². The van der Waals surface area contributed by atoms with Gasteiger partial charge in [0.15, 0.2) is 12.2 Å². The summed E-state index contributed by atoms with van der Waals surface area (Å²) in [4.78, 5) is 26.2. The number of carbonyl (C=O) groups is 2. The molecule has 0 aromatic rings. The van der Waals surface area contributed by atoms with Crippen LogP contribution in [0.4, 0.5) is 35.9 Å². The van der Waals surface area contributed by atoms with Crippen LogP contribution >= 0.6 is 0 Å². The van der Waals surface area contributed by atoms with Crippen molar-refractivity contribution in [3.8, 4) is 0 Å². The number of carbonyl (C=O) groups excluding carboxylic acids is 2. The Morgan fingerprint density at radius 2 is 1.09 bits per heavy atom. The maximum atomic E-state index is 12.9. The molecular weight excluding hydrogens is 522 g/mol. The number of halogens is 6. The van der Waals surface area contributed by atoms with Crippen molar-refractivity contribution in [2.24, 2.45) is 0 Å². The van der Waals surface area contributed by atoms with Crippen molar-refractivity contribution in [2.45, 2.75) is 74.4 Å². The van der Waals surface area contributed by atoms with Gasteiger partial charge in [-0.25, -0.2) is 9.59 Å². The Balaban J connectivity index is 1.43. The molecule has 19 heteroatoms. The first-order valence-electron chi connectivity index (χ1n) is 10.3. The number of urea groups is 2. The number of piperidine rings is 2. The molecule has 4 fully saturated rings. The van der Waals surface area contributed by atoms with Gasteiger partial charge in [-0.1, -0.05) is 0 Å². The molecule has 4 rings (SSSR count). The molecule has 2 N–H and O–H groups in total. The minimum Gasteiger partial charge on any atom is -0.382 e. The first kappa shape index (κ1) is 26.0. The predicted molar refractivity (Wildman–Crippen MR) is 96.7 cm³/mol. The molecule has 4 bridgehead atoms. The van der Waals surface area contributed by atoms with Crippen molar-refractivity contribution in [3.63, 3.8) is 0 Å². The summed E-state index contributed by atoms with van der Waals surface area (Å²) in [7, 11) is -5.24. The van der Waals surface area contributed by atoms with E-state index in [1.807, 2.05) is 0 Å². The lowest BCUT2D eigenvalue weighted by molar-refractivity contribution is -0.220. The normalized spacial score (nSPS) is 31.4. The molecule has 4 aliphatic rings. The summed E-state index contributed by atoms with van der Waals surface area (Å²) in [5.41, 5.74) is 0. The van der Waals surface area contributed by atoms with Crippen LogP contribution in [0.2, 0.25) is 0 Å². The fourth-order valence-corrected chi connectivity index (χ4v) is 5.61. The molecule has 6 atom stereocenters. The highest BCUT2D eigenvalue weighted by Gasteiger charge is 2.57. The average molecular weight is 542 g/mol. The maximum Gasteiger partial charge on any atom is 0.442 e. The summed E-state index contributed by atoms with van der Waals surface area (Å²) >= 11 is 0. The van der Waals surface area contributed by atoms with Crippen LogP contribution in [0, 0.1) is 0 Å². The fraction of sp³-hybridized carbons (Fsp3) is 0.875. The van der Waals surface area contributed by atoms with Crippen LogP contribution in [-0.4, -0.2) is 112 Å². The third-order valence-electron chi connectivity index (χ3n) is 6.48. The Hall–Kier alpha value is -2.09. The Morgan fingerprint density at radius 3 is 1.40 bits per heavy atom. The third-order valence-corrected chi connectivity index (χ3v) is 7.17. The van der Waals surface area contributed by atoms with E-state index in [4.69, 9.17) is 0 Å². The number of rotatable bonds is 6. The summed E-state index contributed by atoms with van der Waals surface area (Å²) in [6.07, 6.45) is -16.7. The second kappa shape index (κ2) is 8.49. The average Bonchev–Trinajstić information content (AvgIpc) is 3.12. The minimum atomic E-state index is -5.24. The van der Waals surface area contributed by atoms with Crippen molar-refractivity contribution >= 4 is 22.5 Å². The smallest absolute Gasteiger partial charge is 0.382 e. The first-order valence-corrected chi connectivity index (χ1v) is 11.7. The number of alkyl halides is 6. The maximum absolute atomic E-state index is 12.9. The van der Waals surface area contributed by atoms with E-state index in [-0.39, 0.29) is 48.9 Å². The molecule has 200 valence electrons. The SMILES string of the molecule is O=C1N2CC(CCC2C(O)C(F)(F)F)N1OS(=O)(=O)ON1C(=O)N2CC1CCC2C(O)C(F)(F)F. The first-order chi connectivity index (χ1) is 16.0. The molecule has 4 saturated heterocycles. The van der Waals surface area contributed by atoms with Gasteiger partial charge < -0.3 is 20.0 Å². The summed E-state index contributed by atoms with van der Waals surface area (Å²) in [5.74, 6) is 0. The number of aliphatic hydroxyl groups excluding tert-OH is 2. The Bertz CT molecular complexity index is 910. The largest absolute Gasteiger partial charge is 0.442 e. The molecule has 4 amide bonds. The van der Waals surface area contributed by atoms with Crippen LogP contribution in [0.15, 0.2) is 0 Å². The van der Waals surface area contributed by atoms with E-state index < -0.39 is 71.2 Å². The number of nitrogens with zero attached hydrogens (tertiary/aromatic N) is 4. The van der Waals surface area contributed by atoms with Gasteiger partial charge in [0.2, 0.25) is 0 Å². The highest BCUT2D eigenvalue weighted by Crippen LogP contribution is 2.38. The van der Waals surface area contributed by atoms with Crippen molar-refractivity contribution in [1.82, 2.24) is 19.9 Å². The van der Waals surface area contributed by atoms with Crippen molar-refractivity contribution in [1.29, 1.82) is 0 Å². The quantitative estimate of drug-likeness (QED) is 0.462. The van der Waals surface area contributed by atoms with Gasteiger partial charge in [0.05, 0.1) is 24.2 Å². The number of aliphatic hydroxyl groups is 2. The van der Waals surface area contributed by atoms with Gasteiger partial charge in [-0.15, -0.1) is 8.57 Å². The minimum absolute atomic E-state index is 0.147. The summed E-state index contributed by atoms with van der Waals surface area (Å²) in [6, 6.07) is -7.89. The molecule has 0 saturated carbocycles. The van der Waals surface area contributed by atoms with Crippen molar-refractivity contribution in [3.05, 3.63) is 0 Å². The molecule has 0 aliphatic carbocycles. The van der Waals surface area contributed by atoms with Crippen LogP contribution in [0.5, 0.6) is 0 Å². The zero-order chi connectivity index (χ0) is 26.1. The van der Waals surface area contributed by atoms with E-state index in [1.165, 1.54) is 0 Å². The van der Waals surface area contributed by atoms with E-state index >= 15 is 0 Å². The number of hydrogen-bond acceptors (Lipinski definition) is 8. The lowest BCUT2D eigenvalue weighted by Crippen LogP contribution is -2.52. The fourth-order valence-electron chi connectivity index (χ4n) is 4.82. The molecule has 4 heterocycles. The molecule has 0 aromatic heterocycles. The molecule has 4 aliphatic heterocycles. The molecule has 12 nitrogen and oxygen atoms in total. The van der Waals surface area contributed by atoms with E-state index in [0.29, 0.717) is 9.80 Å². The molecule has 0 spiro atoms. The van der Waals surface area contributed by atoms with Crippen LogP contribution in [-0.2, 0) is 19.0 Å². The van der Waals surface area contributed by atoms with Gasteiger partial charge in [0.1, 0.15) is 0 Å². The zero-order valence-electron chi connectivity index (χ0n) is 17.5. The summed E-state index contributed by atoms with van der Waals surface area (Å²) in [5, 5.41) is 19.6. The standard InChI is InChI=1S/C16H20F6N4O8S/c17-15(18,19)11(27)9-3-1-7-5-23(9)13(29)25(7)33-35(31,32)34-26-8-2-4-10(12(28)16(20,21)22)24(6-8)14(26)30/h7-12,27-28H,1-6H2. The van der Waals surface area contributed by atoms with Crippen LogP contribution in [0.1, 0.15) is 25.7 Å². The molecule has 0 aromatic carbocycles. The topological polar surface area (TPSA) is 140 Å². The van der Waals surface area contributed by atoms with Crippen LogP contribution in [0.25, 0.3) is 0 Å². The number of amides is 4. The zero-order valence-corrected chi connectivity index (χ0v) is 18.3. The Kier molecular flexibility index (Phi) is 6.31. The lowest BCUT2D eigenvalue weighted by atomic mass is 9.96. The van der Waals surface area contributed by atoms with Crippen molar-refractivity contribution in [2.75, 3.05) is 13.1 Å². The summed E-state index contributed by atoms with van der Waals surface area (Å²) < 4.78 is 111. The third kappa shape index (κ3) is 4.70.